The fourth-order valence-electron chi connectivity index (χ4n) is 2.95. The van der Waals surface area contributed by atoms with Crippen LogP contribution in [-0.4, -0.2) is 56.9 Å². The first-order valence-electron chi connectivity index (χ1n) is 7.79. The summed E-state index contributed by atoms with van der Waals surface area (Å²) in [6.45, 7) is 1.72. The number of thioether (sulfide) groups is 1. The Morgan fingerprint density at radius 3 is 2.48 bits per heavy atom. The number of nitrogens with one attached hydrogen (secondary N) is 2. The Morgan fingerprint density at radius 2 is 1.92 bits per heavy atom. The second-order valence-corrected chi connectivity index (χ2v) is 6.81. The molecule has 2 saturated heterocycles. The van der Waals surface area contributed by atoms with E-state index in [1.54, 1.807) is 26.0 Å². The fraction of sp³-hybridized carbons (Fsp3) is 0.562. The van der Waals surface area contributed by atoms with Gasteiger partial charge in [-0.25, -0.2) is 0 Å². The van der Waals surface area contributed by atoms with Gasteiger partial charge in [-0.2, -0.15) is 0 Å². The van der Waals surface area contributed by atoms with Crippen LogP contribution >= 0.6 is 36.6 Å². The van der Waals surface area contributed by atoms with Gasteiger partial charge in [-0.15, -0.1) is 36.6 Å². The van der Waals surface area contributed by atoms with Gasteiger partial charge in [0.05, 0.1) is 20.3 Å². The summed E-state index contributed by atoms with van der Waals surface area (Å²) in [5.41, 5.74) is 1.06. The highest BCUT2D eigenvalue weighted by Gasteiger charge is 2.29. The predicted molar refractivity (Wildman–Crippen MR) is 107 cm³/mol. The average molecular weight is 410 g/mol. The molecule has 0 radical (unpaired) electrons. The van der Waals surface area contributed by atoms with Crippen molar-refractivity contribution in [3.8, 4) is 11.5 Å². The smallest absolute Gasteiger partial charge is 0.238 e. The summed E-state index contributed by atoms with van der Waals surface area (Å²) in [7, 11) is 3.30. The van der Waals surface area contributed by atoms with Crippen molar-refractivity contribution in [3.05, 3.63) is 18.2 Å². The number of carbonyl (C=O) groups is 1. The van der Waals surface area contributed by atoms with Crippen molar-refractivity contribution in [1.82, 2.24) is 10.6 Å². The van der Waals surface area contributed by atoms with Crippen LogP contribution in [0.5, 0.6) is 11.5 Å². The lowest BCUT2D eigenvalue weighted by Gasteiger charge is -2.21. The molecule has 142 valence electrons. The number of benzene rings is 1. The number of hydrogen-bond donors (Lipinski definition) is 2. The minimum Gasteiger partial charge on any atom is -0.497 e. The lowest BCUT2D eigenvalue weighted by Crippen LogP contribution is -2.47. The van der Waals surface area contributed by atoms with Gasteiger partial charge >= 0.3 is 0 Å². The minimum atomic E-state index is -0.0500. The first-order valence-corrected chi connectivity index (χ1v) is 8.94. The molecule has 6 nitrogen and oxygen atoms in total. The number of ether oxygens (including phenoxy) is 2. The molecule has 3 rings (SSSR count). The van der Waals surface area contributed by atoms with Crippen LogP contribution < -0.4 is 25.0 Å². The van der Waals surface area contributed by atoms with Crippen molar-refractivity contribution in [2.24, 2.45) is 0 Å². The number of nitrogens with zero attached hydrogens (tertiary/aromatic N) is 1. The van der Waals surface area contributed by atoms with Gasteiger partial charge in [0.1, 0.15) is 11.5 Å². The molecule has 2 aliphatic rings. The highest BCUT2D eigenvalue weighted by Crippen LogP contribution is 2.30. The fourth-order valence-corrected chi connectivity index (χ4v) is 3.89. The number of anilines is 1. The Hall–Kier alpha value is -1.02. The topological polar surface area (TPSA) is 62.8 Å². The predicted octanol–water partition coefficient (Wildman–Crippen LogP) is 1.90. The average Bonchev–Trinajstić information content (AvgIpc) is 3.26. The van der Waals surface area contributed by atoms with Gasteiger partial charge in [-0.3, -0.25) is 10.1 Å². The van der Waals surface area contributed by atoms with Crippen molar-refractivity contribution in [3.63, 3.8) is 0 Å². The maximum Gasteiger partial charge on any atom is 0.238 e. The molecule has 2 aliphatic heterocycles. The summed E-state index contributed by atoms with van der Waals surface area (Å²) in [5.74, 6) is 3.39. The van der Waals surface area contributed by atoms with E-state index in [4.69, 9.17) is 9.47 Å². The zero-order valence-corrected chi connectivity index (χ0v) is 16.8. The minimum absolute atomic E-state index is 0. The third-order valence-electron chi connectivity index (χ3n) is 4.27. The standard InChI is InChI=1S/C16H23N3O3S.2ClH/c1-21-13-5-12(6-14(7-13)22-2)19-4-3-11(8-19)18-16(20)15-9-23-10-17-15;;/h5-7,11,15,17H,3-4,8-10H2,1-2H3,(H,18,20);2*1H. The molecule has 0 spiro atoms. The van der Waals surface area contributed by atoms with Crippen LogP contribution in [0, 0.1) is 0 Å². The second-order valence-electron chi connectivity index (χ2n) is 5.78. The molecular formula is C16H25Cl2N3O3S. The quantitative estimate of drug-likeness (QED) is 0.774. The van der Waals surface area contributed by atoms with Crippen LogP contribution in [0.2, 0.25) is 0 Å². The second kappa shape index (κ2) is 10.2. The molecule has 0 aromatic heterocycles. The van der Waals surface area contributed by atoms with Crippen molar-refractivity contribution >= 4 is 48.2 Å². The number of methoxy groups -OCH3 is 2. The van der Waals surface area contributed by atoms with Crippen molar-refractivity contribution < 1.29 is 14.3 Å². The van der Waals surface area contributed by atoms with Crippen molar-refractivity contribution in [2.75, 3.05) is 43.8 Å². The number of rotatable bonds is 5. The summed E-state index contributed by atoms with van der Waals surface area (Å²) in [6, 6.07) is 6.00. The molecule has 2 atom stereocenters. The van der Waals surface area contributed by atoms with Crippen LogP contribution in [0.15, 0.2) is 18.2 Å². The molecule has 2 heterocycles. The van der Waals surface area contributed by atoms with E-state index in [9.17, 15) is 4.79 Å². The highest BCUT2D eigenvalue weighted by atomic mass is 35.5. The van der Waals surface area contributed by atoms with Gasteiger partial charge in [0.25, 0.3) is 0 Å². The molecule has 25 heavy (non-hydrogen) atoms. The first kappa shape index (κ1) is 22.0. The SMILES string of the molecule is COc1cc(OC)cc(N2CCC(NC(=O)C3CSCN3)C2)c1.Cl.Cl. The van der Waals surface area contributed by atoms with Gasteiger partial charge in [0.2, 0.25) is 5.91 Å². The van der Waals surface area contributed by atoms with E-state index >= 15 is 0 Å². The Kier molecular flexibility index (Phi) is 8.99. The molecular weight excluding hydrogens is 385 g/mol. The summed E-state index contributed by atoms with van der Waals surface area (Å²) in [6.07, 6.45) is 0.950. The van der Waals surface area contributed by atoms with Gasteiger partial charge in [0, 0.05) is 54.6 Å². The van der Waals surface area contributed by atoms with Gasteiger partial charge < -0.3 is 19.7 Å². The third-order valence-corrected chi connectivity index (χ3v) is 5.21. The van der Waals surface area contributed by atoms with Crippen LogP contribution in [0.4, 0.5) is 5.69 Å². The Morgan fingerprint density at radius 1 is 1.24 bits per heavy atom. The molecule has 2 fully saturated rings. The molecule has 0 bridgehead atoms. The number of amides is 1. The molecule has 2 N–H and O–H groups in total. The maximum atomic E-state index is 12.2. The molecule has 0 aliphatic carbocycles. The van der Waals surface area contributed by atoms with E-state index in [2.05, 4.69) is 15.5 Å². The maximum absolute atomic E-state index is 12.2. The highest BCUT2D eigenvalue weighted by molar-refractivity contribution is 7.99. The first-order chi connectivity index (χ1) is 11.2. The van der Waals surface area contributed by atoms with Crippen molar-refractivity contribution in [1.29, 1.82) is 0 Å². The molecule has 9 heteroatoms. The van der Waals surface area contributed by atoms with E-state index in [1.807, 2.05) is 18.2 Å². The normalized spacial score (nSPS) is 21.9. The lowest BCUT2D eigenvalue weighted by atomic mass is 10.2. The molecule has 2 unspecified atom stereocenters. The zero-order valence-electron chi connectivity index (χ0n) is 14.3. The monoisotopic (exact) mass is 409 g/mol. The largest absolute Gasteiger partial charge is 0.497 e. The molecule has 1 aromatic carbocycles. The van der Waals surface area contributed by atoms with E-state index in [-0.39, 0.29) is 42.8 Å². The molecule has 0 saturated carbocycles. The Balaban J connectivity index is 0.00000156. The summed E-state index contributed by atoms with van der Waals surface area (Å²) < 4.78 is 10.7. The number of carbonyl (C=O) groups excluding carboxylic acids is 1. The summed E-state index contributed by atoms with van der Waals surface area (Å²) in [5, 5.41) is 6.37. The van der Waals surface area contributed by atoms with Crippen LogP contribution in [0.3, 0.4) is 0 Å². The summed E-state index contributed by atoms with van der Waals surface area (Å²) >= 11 is 1.76. The van der Waals surface area contributed by atoms with Crippen LogP contribution in [0.1, 0.15) is 6.42 Å². The zero-order chi connectivity index (χ0) is 16.2. The van der Waals surface area contributed by atoms with E-state index in [0.29, 0.717) is 0 Å². The van der Waals surface area contributed by atoms with Crippen molar-refractivity contribution in [2.45, 2.75) is 18.5 Å². The van der Waals surface area contributed by atoms with E-state index in [1.165, 1.54) is 0 Å². The van der Waals surface area contributed by atoms with Crippen LogP contribution in [0.25, 0.3) is 0 Å². The van der Waals surface area contributed by atoms with Gasteiger partial charge in [-0.1, -0.05) is 0 Å². The van der Waals surface area contributed by atoms with Gasteiger partial charge in [0.15, 0.2) is 0 Å². The molecule has 1 aromatic rings. The van der Waals surface area contributed by atoms with Gasteiger partial charge in [-0.05, 0) is 6.42 Å². The Bertz CT molecular complexity index is 551. The van der Waals surface area contributed by atoms with E-state index in [0.717, 1.165) is 48.3 Å². The van der Waals surface area contributed by atoms with E-state index < -0.39 is 0 Å². The third kappa shape index (κ3) is 5.48. The summed E-state index contributed by atoms with van der Waals surface area (Å²) in [4.78, 5) is 14.5. The lowest BCUT2D eigenvalue weighted by molar-refractivity contribution is -0.123. The van der Waals surface area contributed by atoms with Crippen LogP contribution in [-0.2, 0) is 4.79 Å². The number of hydrogen-bond acceptors (Lipinski definition) is 6. The molecule has 1 amide bonds. The number of halogens is 2. The Labute approximate surface area is 165 Å².